The second kappa shape index (κ2) is 7.23. The predicted octanol–water partition coefficient (Wildman–Crippen LogP) is 3.91. The first-order valence-corrected chi connectivity index (χ1v) is 9.00. The highest BCUT2D eigenvalue weighted by Crippen LogP contribution is 2.32. The van der Waals surface area contributed by atoms with Crippen LogP contribution in [0.5, 0.6) is 0 Å². The zero-order chi connectivity index (χ0) is 15.6. The summed E-state index contributed by atoms with van der Waals surface area (Å²) in [7, 11) is 0. The van der Waals surface area contributed by atoms with Gasteiger partial charge in [0.1, 0.15) is 0 Å². The number of thioether (sulfide) groups is 1. The Hall–Kier alpha value is -0.420. The third-order valence-electron chi connectivity index (χ3n) is 4.04. The van der Waals surface area contributed by atoms with Gasteiger partial charge in [0.25, 0.3) is 5.91 Å². The maximum atomic E-state index is 12.6. The van der Waals surface area contributed by atoms with Gasteiger partial charge in [-0.2, -0.15) is 0 Å². The number of likely N-dealkylation sites (tertiary alicyclic amines) is 1. The topological polar surface area (TPSA) is 46.3 Å². The van der Waals surface area contributed by atoms with E-state index >= 15 is 0 Å². The molecule has 3 nitrogen and oxygen atoms in total. The molecule has 1 aliphatic heterocycles. The summed E-state index contributed by atoms with van der Waals surface area (Å²) in [5.41, 5.74) is 6.47. The summed E-state index contributed by atoms with van der Waals surface area (Å²) in [5, 5.41) is 0.997. The van der Waals surface area contributed by atoms with Crippen LogP contribution >= 0.6 is 35.0 Å². The molecule has 1 amide bonds. The van der Waals surface area contributed by atoms with Crippen molar-refractivity contribution in [2.45, 2.75) is 30.7 Å². The number of nitrogens with zero attached hydrogens (tertiary/aromatic N) is 1. The highest BCUT2D eigenvalue weighted by molar-refractivity contribution is 7.98. The zero-order valence-corrected chi connectivity index (χ0v) is 14.6. The number of piperidine rings is 1. The fourth-order valence-corrected chi connectivity index (χ4v) is 3.83. The van der Waals surface area contributed by atoms with Crippen molar-refractivity contribution in [3.8, 4) is 0 Å². The van der Waals surface area contributed by atoms with Gasteiger partial charge in [-0.3, -0.25) is 4.79 Å². The first-order chi connectivity index (χ1) is 9.93. The Morgan fingerprint density at radius 1 is 1.33 bits per heavy atom. The molecule has 0 aromatic heterocycles. The maximum absolute atomic E-state index is 12.6. The van der Waals surface area contributed by atoms with Gasteiger partial charge in [0.05, 0.1) is 15.6 Å². The van der Waals surface area contributed by atoms with Crippen LogP contribution in [0.4, 0.5) is 0 Å². The van der Waals surface area contributed by atoms with Gasteiger partial charge in [-0.1, -0.05) is 23.2 Å². The lowest BCUT2D eigenvalue weighted by atomic mass is 9.90. The molecular formula is C15H20Cl2N2OS. The van der Waals surface area contributed by atoms with Crippen molar-refractivity contribution in [2.24, 2.45) is 11.7 Å². The minimum absolute atomic E-state index is 0.0184. The van der Waals surface area contributed by atoms with Crippen molar-refractivity contribution < 1.29 is 4.79 Å². The van der Waals surface area contributed by atoms with Crippen molar-refractivity contribution >= 4 is 40.9 Å². The molecule has 0 saturated carbocycles. The minimum atomic E-state index is -0.0184. The molecule has 6 heteroatoms. The zero-order valence-electron chi connectivity index (χ0n) is 12.2. The fourth-order valence-electron chi connectivity index (χ4n) is 2.65. The van der Waals surface area contributed by atoms with Gasteiger partial charge >= 0.3 is 0 Å². The van der Waals surface area contributed by atoms with Gasteiger partial charge < -0.3 is 10.6 Å². The smallest absolute Gasteiger partial charge is 0.255 e. The molecule has 1 unspecified atom stereocenters. The van der Waals surface area contributed by atoms with Crippen molar-refractivity contribution in [1.82, 2.24) is 4.90 Å². The Morgan fingerprint density at radius 3 is 2.48 bits per heavy atom. The van der Waals surface area contributed by atoms with Gasteiger partial charge in [-0.05, 0) is 44.1 Å². The SMILES string of the molecule is CSc1cc(C(=O)N2CCC(C(C)N)CC2)c(Cl)cc1Cl. The highest BCUT2D eigenvalue weighted by atomic mass is 35.5. The third-order valence-corrected chi connectivity index (χ3v) is 5.56. The molecule has 0 radical (unpaired) electrons. The molecule has 21 heavy (non-hydrogen) atoms. The van der Waals surface area contributed by atoms with Crippen molar-refractivity contribution in [3.05, 3.63) is 27.7 Å². The number of rotatable bonds is 3. The van der Waals surface area contributed by atoms with Crippen LogP contribution in [0.1, 0.15) is 30.1 Å². The number of nitrogens with two attached hydrogens (primary N) is 1. The first-order valence-electron chi connectivity index (χ1n) is 7.02. The summed E-state index contributed by atoms with van der Waals surface area (Å²) < 4.78 is 0. The summed E-state index contributed by atoms with van der Waals surface area (Å²) in [6, 6.07) is 3.62. The van der Waals surface area contributed by atoms with E-state index in [2.05, 4.69) is 0 Å². The van der Waals surface area contributed by atoms with E-state index in [1.54, 1.807) is 12.1 Å². The Kier molecular flexibility index (Phi) is 5.83. The largest absolute Gasteiger partial charge is 0.339 e. The molecule has 116 valence electrons. The Balaban J connectivity index is 2.14. The molecule has 1 aromatic rings. The molecule has 1 fully saturated rings. The molecule has 2 rings (SSSR count). The molecule has 1 heterocycles. The number of benzene rings is 1. The van der Waals surface area contributed by atoms with Gasteiger partial charge in [0.2, 0.25) is 0 Å². The molecule has 1 aliphatic rings. The van der Waals surface area contributed by atoms with Gasteiger partial charge in [-0.15, -0.1) is 11.8 Å². The molecule has 2 N–H and O–H groups in total. The third kappa shape index (κ3) is 3.86. The van der Waals surface area contributed by atoms with Crippen LogP contribution in [0.3, 0.4) is 0 Å². The number of halogens is 2. The quantitative estimate of drug-likeness (QED) is 0.843. The van der Waals surface area contributed by atoms with E-state index in [9.17, 15) is 4.79 Å². The predicted molar refractivity (Wildman–Crippen MR) is 90.5 cm³/mol. The first kappa shape index (κ1) is 16.9. The molecular weight excluding hydrogens is 327 g/mol. The van der Waals surface area contributed by atoms with E-state index in [4.69, 9.17) is 28.9 Å². The van der Waals surface area contributed by atoms with Crippen molar-refractivity contribution in [2.75, 3.05) is 19.3 Å². The Bertz CT molecular complexity index is 529. The summed E-state index contributed by atoms with van der Waals surface area (Å²) in [5.74, 6) is 0.478. The lowest BCUT2D eigenvalue weighted by Gasteiger charge is -2.34. The van der Waals surface area contributed by atoms with Gasteiger partial charge in [-0.25, -0.2) is 0 Å². The van der Waals surface area contributed by atoms with E-state index in [-0.39, 0.29) is 11.9 Å². The number of carbonyl (C=O) groups excluding carboxylic acids is 1. The summed E-state index contributed by atoms with van der Waals surface area (Å²) in [6.07, 6.45) is 3.82. The second-order valence-electron chi connectivity index (χ2n) is 5.46. The average Bonchev–Trinajstić information content (AvgIpc) is 2.47. The van der Waals surface area contributed by atoms with E-state index in [0.717, 1.165) is 30.8 Å². The Morgan fingerprint density at radius 2 is 1.95 bits per heavy atom. The molecule has 0 bridgehead atoms. The van der Waals surface area contributed by atoms with Crippen LogP contribution in [-0.2, 0) is 0 Å². The van der Waals surface area contributed by atoms with Crippen LogP contribution in [0.15, 0.2) is 17.0 Å². The summed E-state index contributed by atoms with van der Waals surface area (Å²) in [4.78, 5) is 15.4. The molecule has 1 saturated heterocycles. The van der Waals surface area contributed by atoms with Crippen LogP contribution in [0, 0.1) is 5.92 Å². The van der Waals surface area contributed by atoms with Crippen LogP contribution < -0.4 is 5.73 Å². The minimum Gasteiger partial charge on any atom is -0.339 e. The lowest BCUT2D eigenvalue weighted by Crippen LogP contribution is -2.42. The van der Waals surface area contributed by atoms with Crippen LogP contribution in [0.2, 0.25) is 10.0 Å². The average molecular weight is 347 g/mol. The standard InChI is InChI=1S/C15H20Cl2N2OS/c1-9(18)10-3-5-19(6-4-10)15(20)11-7-14(21-2)13(17)8-12(11)16/h7-10H,3-6,18H2,1-2H3. The van der Waals surface area contributed by atoms with Crippen molar-refractivity contribution in [3.63, 3.8) is 0 Å². The number of hydrogen-bond acceptors (Lipinski definition) is 3. The Labute approximate surface area is 140 Å². The van der Waals surface area contributed by atoms with Crippen LogP contribution in [0.25, 0.3) is 0 Å². The summed E-state index contributed by atoms with van der Waals surface area (Å²) in [6.45, 7) is 3.50. The second-order valence-corrected chi connectivity index (χ2v) is 7.12. The summed E-state index contributed by atoms with van der Waals surface area (Å²) >= 11 is 13.8. The molecule has 0 spiro atoms. The van der Waals surface area contributed by atoms with E-state index in [1.165, 1.54) is 11.8 Å². The number of amides is 1. The van der Waals surface area contributed by atoms with Gasteiger partial charge in [0, 0.05) is 24.0 Å². The fraction of sp³-hybridized carbons (Fsp3) is 0.533. The molecule has 1 aromatic carbocycles. The molecule has 1 atom stereocenters. The van der Waals surface area contributed by atoms with Crippen LogP contribution in [-0.4, -0.2) is 36.2 Å². The van der Waals surface area contributed by atoms with E-state index < -0.39 is 0 Å². The normalized spacial score (nSPS) is 17.9. The van der Waals surface area contributed by atoms with Gasteiger partial charge in [0.15, 0.2) is 0 Å². The molecule has 0 aliphatic carbocycles. The highest BCUT2D eigenvalue weighted by Gasteiger charge is 2.26. The van der Waals surface area contributed by atoms with Crippen molar-refractivity contribution in [1.29, 1.82) is 0 Å². The van der Waals surface area contributed by atoms with E-state index in [0.29, 0.717) is 21.5 Å². The number of hydrogen-bond donors (Lipinski definition) is 1. The monoisotopic (exact) mass is 346 g/mol. The lowest BCUT2D eigenvalue weighted by molar-refractivity contribution is 0.0681. The maximum Gasteiger partial charge on any atom is 0.255 e. The van der Waals surface area contributed by atoms with E-state index in [1.807, 2.05) is 18.1 Å². The number of carbonyl (C=O) groups is 1.